The fraction of sp³-hybridized carbons (Fsp3) is 0.0526. The van der Waals surface area contributed by atoms with E-state index in [4.69, 9.17) is 4.98 Å². The van der Waals surface area contributed by atoms with Gasteiger partial charge >= 0.3 is 0 Å². The predicted octanol–water partition coefficient (Wildman–Crippen LogP) is 3.71. The molecule has 0 aliphatic heterocycles. The van der Waals surface area contributed by atoms with Crippen LogP contribution >= 0.6 is 0 Å². The smallest absolute Gasteiger partial charge is 0.239 e. The van der Waals surface area contributed by atoms with E-state index in [0.29, 0.717) is 0 Å². The number of benzene rings is 3. The summed E-state index contributed by atoms with van der Waals surface area (Å²) in [5, 5.41) is 3.20. The quantitative estimate of drug-likeness (QED) is 0.449. The first-order valence-corrected chi connectivity index (χ1v) is 7.34. The average molecular weight is 286 g/mol. The maximum Gasteiger partial charge on any atom is 0.239 e. The lowest BCUT2D eigenvalue weighted by atomic mass is 10.2. The van der Waals surface area contributed by atoms with E-state index in [0.717, 1.165) is 33.4 Å². The summed E-state index contributed by atoms with van der Waals surface area (Å²) < 4.78 is 2.26. The SMILES string of the molecule is CNc1ccc2nc3ccccc3[n+](-c3ccccc3)c2c1. The lowest BCUT2D eigenvalue weighted by Gasteiger charge is -2.06. The second-order valence-corrected chi connectivity index (χ2v) is 5.22. The van der Waals surface area contributed by atoms with Gasteiger partial charge in [-0.05, 0) is 18.2 Å². The van der Waals surface area contributed by atoms with Gasteiger partial charge in [0.05, 0.1) is 0 Å². The summed E-state index contributed by atoms with van der Waals surface area (Å²) in [6.07, 6.45) is 0. The van der Waals surface area contributed by atoms with Crippen molar-refractivity contribution in [1.29, 1.82) is 0 Å². The van der Waals surface area contributed by atoms with Gasteiger partial charge in [-0.25, -0.2) is 4.98 Å². The number of fused-ring (bicyclic) bond motifs is 2. The largest absolute Gasteiger partial charge is 0.388 e. The van der Waals surface area contributed by atoms with Gasteiger partial charge in [-0.3, -0.25) is 0 Å². The maximum absolute atomic E-state index is 4.79. The Hall–Kier alpha value is -2.94. The van der Waals surface area contributed by atoms with Crippen molar-refractivity contribution in [3.63, 3.8) is 0 Å². The highest BCUT2D eigenvalue weighted by molar-refractivity contribution is 5.84. The lowest BCUT2D eigenvalue weighted by molar-refractivity contribution is -0.538. The first-order valence-electron chi connectivity index (χ1n) is 7.34. The first-order chi connectivity index (χ1) is 10.9. The molecule has 106 valence electrons. The summed E-state index contributed by atoms with van der Waals surface area (Å²) >= 11 is 0. The highest BCUT2D eigenvalue weighted by Gasteiger charge is 2.18. The van der Waals surface area contributed by atoms with Gasteiger partial charge in [0.2, 0.25) is 16.7 Å². The third-order valence-corrected chi connectivity index (χ3v) is 3.88. The van der Waals surface area contributed by atoms with Crippen LogP contribution in [0.3, 0.4) is 0 Å². The Kier molecular flexibility index (Phi) is 2.97. The van der Waals surface area contributed by atoms with E-state index in [2.05, 4.69) is 70.5 Å². The molecule has 0 aliphatic carbocycles. The van der Waals surface area contributed by atoms with Gasteiger partial charge in [-0.1, -0.05) is 30.3 Å². The number of nitrogens with one attached hydrogen (secondary N) is 1. The Bertz CT molecular complexity index is 962. The molecule has 0 fully saturated rings. The zero-order chi connectivity index (χ0) is 14.9. The van der Waals surface area contributed by atoms with Crippen LogP contribution in [0.25, 0.3) is 27.8 Å². The topological polar surface area (TPSA) is 28.8 Å². The summed E-state index contributed by atoms with van der Waals surface area (Å²) in [5.41, 5.74) is 6.40. The molecule has 1 heterocycles. The van der Waals surface area contributed by atoms with Crippen molar-refractivity contribution in [2.24, 2.45) is 0 Å². The molecule has 4 rings (SSSR count). The van der Waals surface area contributed by atoms with Gasteiger partial charge in [-0.2, -0.15) is 0 Å². The Morgan fingerprint density at radius 2 is 1.50 bits per heavy atom. The Morgan fingerprint density at radius 1 is 0.773 bits per heavy atom. The normalized spacial score (nSPS) is 11.0. The van der Waals surface area contributed by atoms with Crippen LogP contribution in [-0.2, 0) is 0 Å². The fourth-order valence-corrected chi connectivity index (χ4v) is 2.82. The van der Waals surface area contributed by atoms with E-state index in [1.165, 1.54) is 0 Å². The fourth-order valence-electron chi connectivity index (χ4n) is 2.82. The Balaban J connectivity index is 2.20. The molecule has 0 aliphatic rings. The van der Waals surface area contributed by atoms with E-state index in [9.17, 15) is 0 Å². The van der Waals surface area contributed by atoms with Crippen molar-refractivity contribution in [2.45, 2.75) is 0 Å². The summed E-state index contributed by atoms with van der Waals surface area (Å²) in [6, 6.07) is 24.9. The van der Waals surface area contributed by atoms with Crippen molar-refractivity contribution in [3.8, 4) is 5.69 Å². The van der Waals surface area contributed by atoms with Gasteiger partial charge in [0.25, 0.3) is 0 Å². The molecular weight excluding hydrogens is 270 g/mol. The monoisotopic (exact) mass is 286 g/mol. The molecule has 1 N–H and O–H groups in total. The molecule has 0 unspecified atom stereocenters. The third kappa shape index (κ3) is 1.99. The summed E-state index contributed by atoms with van der Waals surface area (Å²) in [4.78, 5) is 4.79. The minimum atomic E-state index is 0.988. The van der Waals surface area contributed by atoms with Crippen molar-refractivity contribution < 1.29 is 4.57 Å². The van der Waals surface area contributed by atoms with Crippen LogP contribution < -0.4 is 9.88 Å². The molecule has 0 radical (unpaired) electrons. The van der Waals surface area contributed by atoms with Crippen LogP contribution in [0.1, 0.15) is 0 Å². The minimum absolute atomic E-state index is 0.988. The lowest BCUT2D eigenvalue weighted by Crippen LogP contribution is -2.33. The average Bonchev–Trinajstić information content (AvgIpc) is 2.60. The Labute approximate surface area is 128 Å². The molecule has 0 bridgehead atoms. The van der Waals surface area contributed by atoms with Crippen LogP contribution in [0.2, 0.25) is 0 Å². The molecule has 0 atom stereocenters. The summed E-state index contributed by atoms with van der Waals surface area (Å²) in [5.74, 6) is 0. The van der Waals surface area contributed by atoms with Gasteiger partial charge in [-0.15, -0.1) is 4.57 Å². The zero-order valence-corrected chi connectivity index (χ0v) is 12.3. The molecule has 3 nitrogen and oxygen atoms in total. The molecule has 0 spiro atoms. The molecular formula is C19H16N3+. The standard InChI is InChI=1S/C19H15N3/c1-20-14-11-12-17-19(13-14)22(15-7-3-2-4-8-15)18-10-6-5-9-16(18)21-17/h2-13H,1H3/p+1. The van der Waals surface area contributed by atoms with Gasteiger partial charge in [0, 0.05) is 37.0 Å². The van der Waals surface area contributed by atoms with E-state index >= 15 is 0 Å². The van der Waals surface area contributed by atoms with Crippen molar-refractivity contribution >= 4 is 27.8 Å². The maximum atomic E-state index is 4.79. The van der Waals surface area contributed by atoms with Crippen LogP contribution in [0, 0.1) is 0 Å². The molecule has 4 aromatic rings. The van der Waals surface area contributed by atoms with Gasteiger partial charge in [0.15, 0.2) is 0 Å². The number of aromatic nitrogens is 2. The van der Waals surface area contributed by atoms with Crippen LogP contribution in [-0.4, -0.2) is 12.0 Å². The molecule has 22 heavy (non-hydrogen) atoms. The van der Waals surface area contributed by atoms with E-state index in [-0.39, 0.29) is 0 Å². The zero-order valence-electron chi connectivity index (χ0n) is 12.3. The van der Waals surface area contributed by atoms with Crippen molar-refractivity contribution in [2.75, 3.05) is 12.4 Å². The summed E-state index contributed by atoms with van der Waals surface area (Å²) in [6.45, 7) is 0. The van der Waals surface area contributed by atoms with Gasteiger partial charge < -0.3 is 5.32 Å². The second-order valence-electron chi connectivity index (χ2n) is 5.22. The Morgan fingerprint density at radius 3 is 2.32 bits per heavy atom. The number of rotatable bonds is 2. The molecule has 0 saturated heterocycles. The van der Waals surface area contributed by atoms with Crippen LogP contribution in [0.15, 0.2) is 72.8 Å². The van der Waals surface area contributed by atoms with Crippen molar-refractivity contribution in [1.82, 2.24) is 4.98 Å². The number of nitrogens with zero attached hydrogens (tertiary/aromatic N) is 2. The highest BCUT2D eigenvalue weighted by Crippen LogP contribution is 2.20. The molecule has 1 aromatic heterocycles. The van der Waals surface area contributed by atoms with E-state index < -0.39 is 0 Å². The number of hydrogen-bond donors (Lipinski definition) is 1. The summed E-state index contributed by atoms with van der Waals surface area (Å²) in [7, 11) is 1.93. The number of anilines is 1. The molecule has 0 saturated carbocycles. The minimum Gasteiger partial charge on any atom is -0.388 e. The molecule has 0 amide bonds. The van der Waals surface area contributed by atoms with Crippen LogP contribution in [0.4, 0.5) is 5.69 Å². The van der Waals surface area contributed by atoms with Crippen LogP contribution in [0.5, 0.6) is 0 Å². The molecule has 3 heteroatoms. The number of para-hydroxylation sites is 3. The highest BCUT2D eigenvalue weighted by atomic mass is 15.0. The van der Waals surface area contributed by atoms with Crippen molar-refractivity contribution in [3.05, 3.63) is 72.8 Å². The first kappa shape index (κ1) is 12.8. The van der Waals surface area contributed by atoms with Gasteiger partial charge in [0.1, 0.15) is 11.0 Å². The third-order valence-electron chi connectivity index (χ3n) is 3.88. The predicted molar refractivity (Wildman–Crippen MR) is 90.3 cm³/mol. The second kappa shape index (κ2) is 5.11. The van der Waals surface area contributed by atoms with E-state index in [1.807, 2.05) is 19.2 Å². The van der Waals surface area contributed by atoms with E-state index in [1.54, 1.807) is 0 Å². The molecule has 3 aromatic carbocycles. The number of hydrogen-bond acceptors (Lipinski definition) is 2.